The Morgan fingerprint density at radius 1 is 1.20 bits per heavy atom. The van der Waals surface area contributed by atoms with E-state index < -0.39 is 6.03 Å². The summed E-state index contributed by atoms with van der Waals surface area (Å²) in [5.74, 6) is 0.351. The van der Waals surface area contributed by atoms with E-state index in [4.69, 9.17) is 0 Å². The zero-order valence-electron chi connectivity index (χ0n) is 14.9. The van der Waals surface area contributed by atoms with Gasteiger partial charge in [0.15, 0.2) is 0 Å². The molecule has 3 aliphatic rings. The first-order valence-electron chi connectivity index (χ1n) is 9.02. The van der Waals surface area contributed by atoms with E-state index in [1.54, 1.807) is 4.90 Å². The number of imide groups is 1. The van der Waals surface area contributed by atoms with E-state index >= 15 is 0 Å². The van der Waals surface area contributed by atoms with Crippen LogP contribution in [0.3, 0.4) is 0 Å². The van der Waals surface area contributed by atoms with Crippen LogP contribution < -0.4 is 5.32 Å². The van der Waals surface area contributed by atoms with Crippen molar-refractivity contribution in [2.45, 2.75) is 39.2 Å². The average Bonchev–Trinajstić information content (AvgIpc) is 2.88. The first kappa shape index (κ1) is 17.7. The summed E-state index contributed by atoms with van der Waals surface area (Å²) < 4.78 is 0. The molecule has 0 bridgehead atoms. The van der Waals surface area contributed by atoms with Gasteiger partial charge in [0.1, 0.15) is 6.54 Å². The molecule has 3 aliphatic heterocycles. The van der Waals surface area contributed by atoms with E-state index in [1.807, 2.05) is 4.90 Å². The van der Waals surface area contributed by atoms with Crippen molar-refractivity contribution in [3.05, 3.63) is 0 Å². The fourth-order valence-electron chi connectivity index (χ4n) is 4.06. The smallest absolute Gasteiger partial charge is 0.325 e. The van der Waals surface area contributed by atoms with E-state index in [-0.39, 0.29) is 42.8 Å². The van der Waals surface area contributed by atoms with Gasteiger partial charge in [0.05, 0.1) is 6.54 Å². The summed E-state index contributed by atoms with van der Waals surface area (Å²) in [6.45, 7) is 5.89. The summed E-state index contributed by atoms with van der Waals surface area (Å²) in [7, 11) is 0. The Balaban J connectivity index is 1.61. The topological polar surface area (TPSA) is 90.0 Å². The summed E-state index contributed by atoms with van der Waals surface area (Å²) in [5, 5.41) is 2.42. The van der Waals surface area contributed by atoms with E-state index in [2.05, 4.69) is 19.2 Å². The van der Waals surface area contributed by atoms with Crippen LogP contribution in [0.1, 0.15) is 33.1 Å². The van der Waals surface area contributed by atoms with Crippen LogP contribution in [0.25, 0.3) is 0 Å². The molecule has 0 aromatic carbocycles. The molecule has 138 valence electrons. The van der Waals surface area contributed by atoms with E-state index in [0.29, 0.717) is 25.4 Å². The van der Waals surface area contributed by atoms with Crippen LogP contribution in [0, 0.1) is 11.8 Å². The van der Waals surface area contributed by atoms with Crippen LogP contribution in [-0.2, 0) is 14.4 Å². The summed E-state index contributed by atoms with van der Waals surface area (Å²) in [6.07, 6.45) is 2.09. The minimum Gasteiger partial charge on any atom is -0.341 e. The van der Waals surface area contributed by atoms with Crippen LogP contribution in [0.4, 0.5) is 4.79 Å². The summed E-state index contributed by atoms with van der Waals surface area (Å²) in [6, 6.07) is -0.302. The highest BCUT2D eigenvalue weighted by atomic mass is 16.2. The van der Waals surface area contributed by atoms with Crippen molar-refractivity contribution in [1.29, 1.82) is 0 Å². The highest BCUT2D eigenvalue weighted by Crippen LogP contribution is 2.32. The predicted molar refractivity (Wildman–Crippen MR) is 89.4 cm³/mol. The third kappa shape index (κ3) is 3.62. The Morgan fingerprint density at radius 3 is 2.60 bits per heavy atom. The molecule has 3 saturated heterocycles. The number of amides is 5. The van der Waals surface area contributed by atoms with Gasteiger partial charge in [-0.3, -0.25) is 19.3 Å². The lowest BCUT2D eigenvalue weighted by atomic mass is 9.83. The number of piperidine rings is 2. The highest BCUT2D eigenvalue weighted by Gasteiger charge is 2.41. The zero-order valence-corrected chi connectivity index (χ0v) is 14.9. The molecule has 3 fully saturated rings. The summed E-state index contributed by atoms with van der Waals surface area (Å²) >= 11 is 0. The monoisotopic (exact) mass is 350 g/mol. The molecule has 5 amide bonds. The maximum atomic E-state index is 12.5. The second kappa shape index (κ2) is 7.01. The highest BCUT2D eigenvalue weighted by molar-refractivity contribution is 6.04. The molecular formula is C17H26N4O4. The quantitative estimate of drug-likeness (QED) is 0.725. The van der Waals surface area contributed by atoms with Gasteiger partial charge >= 0.3 is 6.03 Å². The molecule has 1 N–H and O–H groups in total. The number of fused-ring (bicyclic) bond motifs is 1. The van der Waals surface area contributed by atoms with Gasteiger partial charge in [-0.1, -0.05) is 13.8 Å². The molecule has 3 heterocycles. The van der Waals surface area contributed by atoms with Crippen molar-refractivity contribution in [3.63, 3.8) is 0 Å². The van der Waals surface area contributed by atoms with Crippen molar-refractivity contribution in [2.75, 3.05) is 32.7 Å². The SMILES string of the molecule is CC(C)CN1C(=O)CC[C@H]2CN(C(=O)CN3C(=O)CNC3=O)CC[C@H]21. The maximum Gasteiger partial charge on any atom is 0.325 e. The van der Waals surface area contributed by atoms with Gasteiger partial charge in [-0.05, 0) is 24.7 Å². The number of carbonyl (C=O) groups excluding carboxylic acids is 4. The molecule has 3 rings (SSSR count). The van der Waals surface area contributed by atoms with Crippen molar-refractivity contribution in [3.8, 4) is 0 Å². The molecule has 0 aliphatic carbocycles. The number of hydrogen-bond donors (Lipinski definition) is 1. The molecule has 0 saturated carbocycles. The Labute approximate surface area is 147 Å². The van der Waals surface area contributed by atoms with Gasteiger partial charge in [-0.15, -0.1) is 0 Å². The Kier molecular flexibility index (Phi) is 4.96. The van der Waals surface area contributed by atoms with Crippen LogP contribution in [0.5, 0.6) is 0 Å². The largest absolute Gasteiger partial charge is 0.341 e. The second-order valence-electron chi connectivity index (χ2n) is 7.57. The predicted octanol–water partition coefficient (Wildman–Crippen LogP) is 0.0337. The van der Waals surface area contributed by atoms with Gasteiger partial charge in [0.25, 0.3) is 5.91 Å². The van der Waals surface area contributed by atoms with Gasteiger partial charge < -0.3 is 15.1 Å². The van der Waals surface area contributed by atoms with Crippen molar-refractivity contribution >= 4 is 23.8 Å². The Hall–Kier alpha value is -2.12. The fraction of sp³-hybridized carbons (Fsp3) is 0.765. The Bertz CT molecular complexity index is 575. The van der Waals surface area contributed by atoms with Crippen LogP contribution in [0.15, 0.2) is 0 Å². The number of nitrogens with one attached hydrogen (secondary N) is 1. The number of hydrogen-bond acceptors (Lipinski definition) is 4. The number of urea groups is 1. The molecule has 0 unspecified atom stereocenters. The molecule has 8 heteroatoms. The Morgan fingerprint density at radius 2 is 1.96 bits per heavy atom. The second-order valence-corrected chi connectivity index (χ2v) is 7.57. The molecule has 0 aromatic heterocycles. The fourth-order valence-corrected chi connectivity index (χ4v) is 4.06. The molecular weight excluding hydrogens is 324 g/mol. The summed E-state index contributed by atoms with van der Waals surface area (Å²) in [4.78, 5) is 52.7. The molecule has 0 radical (unpaired) electrons. The van der Waals surface area contributed by atoms with Gasteiger partial charge in [-0.25, -0.2) is 4.79 Å². The number of nitrogens with zero attached hydrogens (tertiary/aromatic N) is 3. The normalized spacial score (nSPS) is 27.0. The first-order chi connectivity index (χ1) is 11.9. The number of carbonyl (C=O) groups is 4. The lowest BCUT2D eigenvalue weighted by molar-refractivity contribution is -0.146. The minimum absolute atomic E-state index is 0.0386. The number of rotatable bonds is 4. The molecule has 0 spiro atoms. The van der Waals surface area contributed by atoms with Crippen LogP contribution in [-0.4, -0.2) is 77.2 Å². The van der Waals surface area contributed by atoms with Crippen molar-refractivity contribution in [2.24, 2.45) is 11.8 Å². The van der Waals surface area contributed by atoms with E-state index in [9.17, 15) is 19.2 Å². The van der Waals surface area contributed by atoms with Gasteiger partial charge in [0, 0.05) is 32.1 Å². The molecule has 8 nitrogen and oxygen atoms in total. The van der Waals surface area contributed by atoms with Crippen LogP contribution in [0.2, 0.25) is 0 Å². The van der Waals surface area contributed by atoms with E-state index in [1.165, 1.54) is 0 Å². The van der Waals surface area contributed by atoms with E-state index in [0.717, 1.165) is 24.3 Å². The van der Waals surface area contributed by atoms with Crippen LogP contribution >= 0.6 is 0 Å². The van der Waals surface area contributed by atoms with Gasteiger partial charge in [0.2, 0.25) is 11.8 Å². The maximum absolute atomic E-state index is 12.5. The third-order valence-corrected chi connectivity index (χ3v) is 5.29. The lowest BCUT2D eigenvalue weighted by Crippen LogP contribution is -2.58. The van der Waals surface area contributed by atoms with Crippen molar-refractivity contribution in [1.82, 2.24) is 20.0 Å². The number of likely N-dealkylation sites (tertiary alicyclic amines) is 2. The average molecular weight is 350 g/mol. The summed E-state index contributed by atoms with van der Waals surface area (Å²) in [5.41, 5.74) is 0. The zero-order chi connectivity index (χ0) is 18.1. The standard InChI is InChI=1S/C17H26N4O4/c1-11(2)8-20-13-5-6-19(9-12(13)3-4-14(20)22)16(24)10-21-15(23)7-18-17(21)25/h11-13H,3-10H2,1-2H3,(H,18,25)/t12-,13+/m0/s1. The van der Waals surface area contributed by atoms with Crippen molar-refractivity contribution < 1.29 is 19.2 Å². The molecule has 25 heavy (non-hydrogen) atoms. The molecule has 2 atom stereocenters. The molecule has 0 aromatic rings. The third-order valence-electron chi connectivity index (χ3n) is 5.29. The van der Waals surface area contributed by atoms with Gasteiger partial charge in [-0.2, -0.15) is 0 Å². The first-order valence-corrected chi connectivity index (χ1v) is 9.02. The lowest BCUT2D eigenvalue weighted by Gasteiger charge is -2.47. The minimum atomic E-state index is -0.500.